The second kappa shape index (κ2) is 9.43. The lowest BCUT2D eigenvalue weighted by Crippen LogP contribution is -2.51. The third-order valence-electron chi connectivity index (χ3n) is 6.87. The monoisotopic (exact) mass is 458 g/mol. The van der Waals surface area contributed by atoms with E-state index in [9.17, 15) is 19.7 Å². The van der Waals surface area contributed by atoms with Crippen molar-refractivity contribution in [3.05, 3.63) is 46.0 Å². The molecular formula is C26H38N2O5. The van der Waals surface area contributed by atoms with E-state index in [2.05, 4.69) is 0 Å². The van der Waals surface area contributed by atoms with Crippen LogP contribution in [-0.2, 0) is 14.3 Å². The number of carbonyl (C=O) groups is 2. The van der Waals surface area contributed by atoms with E-state index in [0.717, 1.165) is 32.1 Å². The molecule has 1 saturated carbocycles. The molecule has 1 heterocycles. The van der Waals surface area contributed by atoms with Gasteiger partial charge in [-0.15, -0.1) is 0 Å². The molecule has 0 aromatic heterocycles. The molecular weight excluding hydrogens is 420 g/mol. The van der Waals surface area contributed by atoms with Gasteiger partial charge in [-0.2, -0.15) is 0 Å². The van der Waals surface area contributed by atoms with Crippen LogP contribution < -0.4 is 0 Å². The van der Waals surface area contributed by atoms with Gasteiger partial charge in [-0.05, 0) is 44.6 Å². The molecule has 1 aromatic carbocycles. The fraction of sp³-hybridized carbons (Fsp3) is 0.692. The highest BCUT2D eigenvalue weighted by Gasteiger charge is 2.64. The summed E-state index contributed by atoms with van der Waals surface area (Å²) in [5.41, 5.74) is -0.689. The number of rotatable bonds is 4. The Morgan fingerprint density at radius 2 is 1.58 bits per heavy atom. The highest BCUT2D eigenvalue weighted by molar-refractivity contribution is 5.88. The van der Waals surface area contributed by atoms with Crippen LogP contribution in [0.25, 0.3) is 0 Å². The van der Waals surface area contributed by atoms with E-state index in [0.29, 0.717) is 5.56 Å². The molecule has 1 aliphatic carbocycles. The predicted octanol–water partition coefficient (Wildman–Crippen LogP) is 5.17. The second-order valence-electron chi connectivity index (χ2n) is 11.6. The number of esters is 1. The van der Waals surface area contributed by atoms with Crippen molar-refractivity contribution in [1.29, 1.82) is 0 Å². The highest BCUT2D eigenvalue weighted by Crippen LogP contribution is 2.50. The molecule has 0 radical (unpaired) electrons. The van der Waals surface area contributed by atoms with Gasteiger partial charge in [0.1, 0.15) is 17.7 Å². The number of nitrogens with zero attached hydrogens (tertiary/aromatic N) is 2. The zero-order chi connectivity index (χ0) is 24.6. The molecule has 0 unspecified atom stereocenters. The van der Waals surface area contributed by atoms with Crippen molar-refractivity contribution < 1.29 is 19.2 Å². The maximum Gasteiger partial charge on any atom is 0.329 e. The lowest BCUT2D eigenvalue weighted by molar-refractivity contribution is -0.536. The summed E-state index contributed by atoms with van der Waals surface area (Å²) in [6, 6.07) is 6.18. The van der Waals surface area contributed by atoms with E-state index in [1.165, 1.54) is 0 Å². The Balaban J connectivity index is 2.20. The minimum absolute atomic E-state index is 0.155. The summed E-state index contributed by atoms with van der Waals surface area (Å²) >= 11 is 0. The second-order valence-corrected chi connectivity index (χ2v) is 11.6. The molecule has 1 saturated heterocycles. The zero-order valence-corrected chi connectivity index (χ0v) is 20.7. The van der Waals surface area contributed by atoms with Crippen LogP contribution in [0.2, 0.25) is 0 Å². The molecule has 3 rings (SSSR count). The van der Waals surface area contributed by atoms with Crippen LogP contribution in [0.5, 0.6) is 0 Å². The number of likely N-dealkylation sites (tertiary alicyclic amines) is 1. The molecule has 7 nitrogen and oxygen atoms in total. The molecule has 1 amide bonds. The summed E-state index contributed by atoms with van der Waals surface area (Å²) in [4.78, 5) is 41.4. The van der Waals surface area contributed by atoms with Crippen LogP contribution in [0.1, 0.15) is 85.3 Å². The molecule has 0 bridgehead atoms. The van der Waals surface area contributed by atoms with Crippen LogP contribution in [0.3, 0.4) is 0 Å². The quantitative estimate of drug-likeness (QED) is 0.353. The Kier molecular flexibility index (Phi) is 7.20. The Morgan fingerprint density at radius 1 is 1.00 bits per heavy atom. The Bertz CT molecular complexity index is 865. The minimum atomic E-state index is -1.11. The van der Waals surface area contributed by atoms with Crippen molar-refractivity contribution >= 4 is 11.9 Å². The largest absolute Gasteiger partial charge is 0.458 e. The maximum atomic E-state index is 14.0. The van der Waals surface area contributed by atoms with E-state index >= 15 is 0 Å². The number of nitro groups is 1. The number of ether oxygens (including phenoxy) is 1. The van der Waals surface area contributed by atoms with E-state index < -0.39 is 41.0 Å². The summed E-state index contributed by atoms with van der Waals surface area (Å²) < 4.78 is 5.77. The predicted molar refractivity (Wildman–Crippen MR) is 126 cm³/mol. The van der Waals surface area contributed by atoms with Crippen molar-refractivity contribution in [3.8, 4) is 0 Å². The third kappa shape index (κ3) is 5.39. The number of carbonyl (C=O) groups excluding carboxylic acids is 2. The first-order valence-electron chi connectivity index (χ1n) is 12.1. The van der Waals surface area contributed by atoms with Gasteiger partial charge < -0.3 is 9.64 Å². The number of amides is 1. The average molecular weight is 459 g/mol. The molecule has 2 aliphatic rings. The first kappa shape index (κ1) is 25.2. The first-order chi connectivity index (χ1) is 15.3. The van der Waals surface area contributed by atoms with E-state index in [-0.39, 0.29) is 16.7 Å². The van der Waals surface area contributed by atoms with Crippen molar-refractivity contribution in [2.75, 3.05) is 0 Å². The summed E-state index contributed by atoms with van der Waals surface area (Å²) in [6.07, 6.45) is 4.50. The summed E-state index contributed by atoms with van der Waals surface area (Å²) in [5.74, 6) is -1.63. The standard InChI is InChI=1S/C26H38N2O5/c1-25(2,3)19-21(28(31)32)20(17-13-9-7-10-14-17)27(22(19)24(30)33-26(4,5)6)23(29)18-15-11-8-12-16-18/h7,9-10,13-14,18-22H,8,11-12,15-16H2,1-6H3/t19-,20-,21-,22-/m1/s1. The molecule has 0 spiro atoms. The van der Waals surface area contributed by atoms with Gasteiger partial charge in [-0.25, -0.2) is 4.79 Å². The fourth-order valence-corrected chi connectivity index (χ4v) is 5.59. The molecule has 33 heavy (non-hydrogen) atoms. The van der Waals surface area contributed by atoms with Gasteiger partial charge in [-0.1, -0.05) is 70.4 Å². The van der Waals surface area contributed by atoms with Gasteiger partial charge in [0, 0.05) is 10.8 Å². The van der Waals surface area contributed by atoms with E-state index in [4.69, 9.17) is 4.74 Å². The van der Waals surface area contributed by atoms with Crippen LogP contribution in [0, 0.1) is 27.4 Å². The van der Waals surface area contributed by atoms with Crippen molar-refractivity contribution in [1.82, 2.24) is 4.90 Å². The average Bonchev–Trinajstić information content (AvgIpc) is 3.10. The minimum Gasteiger partial charge on any atom is -0.458 e. The summed E-state index contributed by atoms with van der Waals surface area (Å²) in [5, 5.41) is 12.6. The number of hydrogen-bond acceptors (Lipinski definition) is 5. The summed E-state index contributed by atoms with van der Waals surface area (Å²) in [7, 11) is 0. The van der Waals surface area contributed by atoms with Crippen molar-refractivity contribution in [2.45, 2.75) is 97.4 Å². The smallest absolute Gasteiger partial charge is 0.329 e. The topological polar surface area (TPSA) is 89.8 Å². The van der Waals surface area contributed by atoms with Gasteiger partial charge >= 0.3 is 5.97 Å². The highest BCUT2D eigenvalue weighted by atomic mass is 16.6. The lowest BCUT2D eigenvalue weighted by atomic mass is 9.72. The fourth-order valence-electron chi connectivity index (χ4n) is 5.59. The van der Waals surface area contributed by atoms with E-state index in [1.54, 1.807) is 25.7 Å². The van der Waals surface area contributed by atoms with Crippen molar-refractivity contribution in [2.24, 2.45) is 17.3 Å². The SMILES string of the molecule is CC(C)(C)OC(=O)[C@H]1[C@H](C(C)(C)C)[C@@H]([N+](=O)[O-])[C@@H](c2ccccc2)N1C(=O)C1CCCCC1. The van der Waals surface area contributed by atoms with Crippen LogP contribution >= 0.6 is 0 Å². The molecule has 2 fully saturated rings. The lowest BCUT2D eigenvalue weighted by Gasteiger charge is -2.37. The number of benzene rings is 1. The van der Waals surface area contributed by atoms with Crippen molar-refractivity contribution in [3.63, 3.8) is 0 Å². The molecule has 7 heteroatoms. The van der Waals surface area contributed by atoms with Gasteiger partial charge in [0.05, 0.1) is 5.92 Å². The Hall–Kier alpha value is -2.44. The first-order valence-corrected chi connectivity index (χ1v) is 12.1. The summed E-state index contributed by atoms with van der Waals surface area (Å²) in [6.45, 7) is 11.0. The number of hydrogen-bond donors (Lipinski definition) is 0. The Morgan fingerprint density at radius 3 is 2.06 bits per heavy atom. The van der Waals surface area contributed by atoms with Crippen LogP contribution in [0.15, 0.2) is 30.3 Å². The van der Waals surface area contributed by atoms with E-state index in [1.807, 2.05) is 51.1 Å². The maximum absolute atomic E-state index is 14.0. The molecule has 1 aromatic rings. The van der Waals surface area contributed by atoms with Gasteiger partial charge in [0.25, 0.3) is 0 Å². The third-order valence-corrected chi connectivity index (χ3v) is 6.87. The normalized spacial score (nSPS) is 26.8. The van der Waals surface area contributed by atoms with Crippen LogP contribution in [0.4, 0.5) is 0 Å². The Labute approximate surface area is 197 Å². The van der Waals surface area contributed by atoms with Crippen LogP contribution in [-0.4, -0.2) is 39.4 Å². The molecule has 4 atom stereocenters. The van der Waals surface area contributed by atoms with Gasteiger partial charge in [0.2, 0.25) is 11.9 Å². The zero-order valence-electron chi connectivity index (χ0n) is 20.7. The van der Waals surface area contributed by atoms with Gasteiger partial charge in [0.15, 0.2) is 0 Å². The molecule has 1 aliphatic heterocycles. The molecule has 182 valence electrons. The molecule has 0 N–H and O–H groups in total. The van der Waals surface area contributed by atoms with Gasteiger partial charge in [-0.3, -0.25) is 14.9 Å².